The Kier molecular flexibility index (Phi) is 74.2. The molecule has 0 bridgehead atoms. The minimum Gasteiger partial charge on any atom is -0.506 e. The van der Waals surface area contributed by atoms with Crippen molar-refractivity contribution in [1.82, 2.24) is 15.3 Å². The molecule has 15 nitrogen and oxygen atoms in total. The van der Waals surface area contributed by atoms with E-state index in [1.54, 1.807) is 24.3 Å². The van der Waals surface area contributed by atoms with Crippen molar-refractivity contribution < 1.29 is 30.3 Å². The first kappa shape index (κ1) is 84.7. The Labute approximate surface area is 494 Å². The third-order valence-electron chi connectivity index (χ3n) is 12.2. The minimum absolute atomic E-state index is 0. The normalized spacial score (nSPS) is 9.75. The van der Waals surface area contributed by atoms with Crippen LogP contribution in [0, 0.1) is 22.7 Å². The van der Waals surface area contributed by atoms with E-state index < -0.39 is 0 Å². The van der Waals surface area contributed by atoms with E-state index in [9.17, 15) is 15.0 Å². The van der Waals surface area contributed by atoms with E-state index in [0.29, 0.717) is 36.4 Å². The molecule has 0 aliphatic carbocycles. The number of rotatable bonds is 38. The maximum Gasteiger partial charge on any atom is 0.141 e. The Bertz CT molecular complexity index is 1970. The number of aromatic nitrogens is 2. The number of nitrogens with zero attached hydrogens (tertiary/aromatic N) is 4. The lowest BCUT2D eigenvalue weighted by molar-refractivity contribution is -0.107. The lowest BCUT2D eigenvalue weighted by Gasteiger charge is -2.07. The molecule has 2 aromatic heterocycles. The first-order chi connectivity index (χ1) is 38.7. The van der Waals surface area contributed by atoms with Crippen LogP contribution in [0.3, 0.4) is 0 Å². The van der Waals surface area contributed by atoms with Crippen LogP contribution in [-0.2, 0) is 4.79 Å². The molecule has 0 saturated carbocycles. The third-order valence-corrected chi connectivity index (χ3v) is 12.2. The summed E-state index contributed by atoms with van der Waals surface area (Å²) in [4.78, 5) is 18.4. The Morgan fingerprint density at radius 3 is 1.35 bits per heavy atom. The van der Waals surface area contributed by atoms with Crippen molar-refractivity contribution in [3.05, 3.63) is 60.7 Å². The zero-order chi connectivity index (χ0) is 58.9. The number of phenolic OH excluding ortho intramolecular Hbond substituents is 2. The summed E-state index contributed by atoms with van der Waals surface area (Å²) in [6, 6.07) is 22.4. The van der Waals surface area contributed by atoms with Crippen molar-refractivity contribution in [2.75, 3.05) is 63.6 Å². The molecule has 4 aromatic rings. The number of aliphatic hydroxyl groups excluding tert-OH is 3. The van der Waals surface area contributed by atoms with Crippen LogP contribution in [0.25, 0.3) is 21.8 Å². The van der Waals surface area contributed by atoms with Crippen LogP contribution >= 0.6 is 0 Å². The Hall–Kier alpha value is -5.13. The number of hydrogen-bond donors (Lipinski definition) is 10. The molecule has 0 fully saturated rings. The second-order valence-electron chi connectivity index (χ2n) is 19.5. The van der Waals surface area contributed by atoms with Gasteiger partial charge in [0.15, 0.2) is 0 Å². The maximum absolute atomic E-state index is 9.94. The van der Waals surface area contributed by atoms with Gasteiger partial charge >= 0.3 is 0 Å². The first-order valence-electron chi connectivity index (χ1n) is 30.4. The molecule has 0 aliphatic heterocycles. The van der Waals surface area contributed by atoms with Gasteiger partial charge in [-0.3, -0.25) is 0 Å². The van der Waals surface area contributed by atoms with E-state index in [1.165, 1.54) is 116 Å². The van der Waals surface area contributed by atoms with Gasteiger partial charge in [-0.15, -0.1) is 0 Å². The molecule has 0 atom stereocenters. The van der Waals surface area contributed by atoms with Crippen LogP contribution in [0.2, 0.25) is 0 Å². The predicted molar refractivity (Wildman–Crippen MR) is 347 cm³/mol. The number of nitrogens with two attached hydrogens (primary N) is 3. The summed E-state index contributed by atoms with van der Waals surface area (Å²) in [5, 5.41) is 68.8. The molecule has 15 heteroatoms. The number of nitrogens with one attached hydrogen (secondary N) is 2. The van der Waals surface area contributed by atoms with Gasteiger partial charge in [0.25, 0.3) is 0 Å². The van der Waals surface area contributed by atoms with Gasteiger partial charge < -0.3 is 58.2 Å². The molecule has 0 saturated heterocycles. The number of unbranched alkanes of at least 4 members (excludes halogenated alkanes) is 25. The van der Waals surface area contributed by atoms with Crippen LogP contribution in [0.15, 0.2) is 60.7 Å². The summed E-state index contributed by atoms with van der Waals surface area (Å²) < 4.78 is 0. The minimum atomic E-state index is 0. The monoisotopic (exact) mass is 1140 g/mol. The molecule has 0 spiro atoms. The van der Waals surface area contributed by atoms with Gasteiger partial charge in [-0.1, -0.05) is 182 Å². The topological polar surface area (TPSA) is 294 Å². The highest BCUT2D eigenvalue weighted by Gasteiger charge is 2.03. The molecular weight excluding hydrogens is 1010 g/mol. The third kappa shape index (κ3) is 59.3. The van der Waals surface area contributed by atoms with Gasteiger partial charge in [-0.05, 0) is 127 Å². The number of nitriles is 2. The molecule has 2 aromatic carbocycles. The predicted octanol–water partition coefficient (Wildman–Crippen LogP) is 15.4. The summed E-state index contributed by atoms with van der Waals surface area (Å²) in [7, 11) is 0. The second kappa shape index (κ2) is 71.0. The zero-order valence-corrected chi connectivity index (χ0v) is 49.8. The molecule has 0 unspecified atom stereocenters. The number of pyridine rings is 2. The van der Waals surface area contributed by atoms with Crippen molar-refractivity contribution in [2.45, 2.75) is 241 Å². The molecule has 466 valence electrons. The zero-order valence-electron chi connectivity index (χ0n) is 49.8. The van der Waals surface area contributed by atoms with Crippen LogP contribution < -0.4 is 27.8 Å². The largest absolute Gasteiger partial charge is 0.506 e. The maximum atomic E-state index is 9.94. The lowest BCUT2D eigenvalue weighted by atomic mass is 10.1. The van der Waals surface area contributed by atoms with Crippen molar-refractivity contribution in [3.63, 3.8) is 0 Å². The van der Waals surface area contributed by atoms with Gasteiger partial charge in [0.1, 0.15) is 40.5 Å². The van der Waals surface area contributed by atoms with Gasteiger partial charge in [0, 0.05) is 56.4 Å². The summed E-state index contributed by atoms with van der Waals surface area (Å²) in [5.74, 6) is 1.65. The van der Waals surface area contributed by atoms with E-state index in [1.807, 2.05) is 36.4 Å². The molecule has 2 heterocycles. The van der Waals surface area contributed by atoms with Gasteiger partial charge in [-0.2, -0.15) is 10.5 Å². The van der Waals surface area contributed by atoms with Crippen molar-refractivity contribution >= 4 is 39.7 Å². The molecule has 13 N–H and O–H groups in total. The fourth-order valence-corrected chi connectivity index (χ4v) is 7.47. The second-order valence-corrected chi connectivity index (χ2v) is 19.5. The fourth-order valence-electron chi connectivity index (χ4n) is 7.47. The van der Waals surface area contributed by atoms with Crippen LogP contribution in [0.1, 0.15) is 241 Å². The Morgan fingerprint density at radius 2 is 0.877 bits per heavy atom. The molecular formula is C66H121N9O6. The average Bonchev–Trinajstić information content (AvgIpc) is 3.47. The first-order valence-corrected chi connectivity index (χ1v) is 30.4. The van der Waals surface area contributed by atoms with Crippen molar-refractivity contribution in [1.29, 1.82) is 10.5 Å². The standard InChI is InChI=1S/C18H27N3O.C10H22O.C10H20O.C9H8N2O.C8H16N2O.C5H9N.C4H11NO.2CH4/c19-13-6-4-2-1-3-5-7-14-20-17-12-11-15-9-8-10-16(22)18(15)21-17;2*1-2-3-4-5-6-7-8-9-10-11;10-8-5-4-6-2-1-3-7(12)9(6)11-8;9-5-1-2-6-10-7-3-4-8-11;1-2-3-4-5-6;5-3-1-2-4-6;;/h8-12,22H,1-7,13-14,19H2,(H,20,21);11H,2-10H2,1H3;10H,2-9H2,1H3;1-5,12H,(H2,10,11);10-11H,1-4,6-8H2;2-4H2,1H3;6H,1-5H2;2*1H4. The lowest BCUT2D eigenvalue weighted by Crippen LogP contribution is -2.16. The Balaban J connectivity index is -0.000000289. The molecule has 0 amide bonds. The number of hydrogen-bond acceptors (Lipinski definition) is 15. The highest BCUT2D eigenvalue weighted by molar-refractivity contribution is 5.86. The van der Waals surface area contributed by atoms with E-state index in [-0.39, 0.29) is 39.6 Å². The fraction of sp³-hybridized carbons (Fsp3) is 0.682. The number of benzene rings is 2. The van der Waals surface area contributed by atoms with Gasteiger partial charge in [-0.25, -0.2) is 9.97 Å². The highest BCUT2D eigenvalue weighted by Crippen LogP contribution is 2.24. The average molecular weight is 1140 g/mol. The van der Waals surface area contributed by atoms with E-state index >= 15 is 0 Å². The number of para-hydroxylation sites is 2. The number of aromatic hydroxyl groups is 2. The number of fused-ring (bicyclic) bond motifs is 2. The number of nitrogen functional groups attached to an aromatic ring is 1. The number of anilines is 2. The highest BCUT2D eigenvalue weighted by atomic mass is 16.3. The van der Waals surface area contributed by atoms with Gasteiger partial charge in [0.05, 0.1) is 12.1 Å². The van der Waals surface area contributed by atoms with Crippen LogP contribution in [0.4, 0.5) is 11.6 Å². The summed E-state index contributed by atoms with van der Waals surface area (Å²) in [6.45, 7) is 11.8. The van der Waals surface area contributed by atoms with Crippen molar-refractivity contribution in [3.8, 4) is 23.6 Å². The molecule has 0 radical (unpaired) electrons. The number of phenols is 2. The van der Waals surface area contributed by atoms with Crippen LogP contribution in [-0.4, -0.2) is 94.3 Å². The SMILES string of the molecule is C.C.CCCCC#N.CCCCCCCCCC=O.CCCCCCCCCCO.N#CCCCNCCCCO.NCCCCCCCCCNc1ccc2cccc(O)c2n1.NCCCCO.Nc1ccc2cccc(O)c2n1. The molecule has 0 aliphatic rings. The van der Waals surface area contributed by atoms with Crippen LogP contribution in [0.5, 0.6) is 11.5 Å². The summed E-state index contributed by atoms with van der Waals surface area (Å²) in [5.41, 5.74) is 17.3. The number of aldehydes is 1. The Morgan fingerprint density at radius 1 is 0.481 bits per heavy atom. The molecule has 81 heavy (non-hydrogen) atoms. The number of carbonyl (C=O) groups is 1. The quantitative estimate of drug-likeness (QED) is 0.0147. The van der Waals surface area contributed by atoms with E-state index in [4.69, 9.17) is 43.0 Å². The molecule has 4 rings (SSSR count). The summed E-state index contributed by atoms with van der Waals surface area (Å²) in [6.07, 6.45) is 38.1. The smallest absolute Gasteiger partial charge is 0.141 e. The number of aliphatic hydroxyl groups is 3. The van der Waals surface area contributed by atoms with Crippen molar-refractivity contribution in [2.24, 2.45) is 11.5 Å². The number of carbonyl (C=O) groups excluding carboxylic acids is 1. The van der Waals surface area contributed by atoms with Gasteiger partial charge in [0.2, 0.25) is 0 Å². The van der Waals surface area contributed by atoms with E-state index in [2.05, 4.69) is 53.5 Å². The summed E-state index contributed by atoms with van der Waals surface area (Å²) >= 11 is 0. The van der Waals surface area contributed by atoms with E-state index in [0.717, 1.165) is 133 Å².